The fourth-order valence-corrected chi connectivity index (χ4v) is 2.14. The van der Waals surface area contributed by atoms with E-state index in [1.165, 1.54) is 12.4 Å². The van der Waals surface area contributed by atoms with Gasteiger partial charge in [-0.25, -0.2) is 9.97 Å². The second-order valence-corrected chi connectivity index (χ2v) is 4.46. The third-order valence-corrected chi connectivity index (χ3v) is 3.11. The van der Waals surface area contributed by atoms with Gasteiger partial charge in [0.2, 0.25) is 0 Å². The van der Waals surface area contributed by atoms with Crippen LogP contribution in [0.15, 0.2) is 36.9 Å². The van der Waals surface area contributed by atoms with Crippen molar-refractivity contribution >= 4 is 0 Å². The molecular weight excluding hydrogens is 267 g/mol. The third-order valence-electron chi connectivity index (χ3n) is 3.11. The summed E-state index contributed by atoms with van der Waals surface area (Å²) >= 11 is 0. The zero-order valence-electron chi connectivity index (χ0n) is 11.1. The lowest BCUT2D eigenvalue weighted by Gasteiger charge is -2.19. The van der Waals surface area contributed by atoms with Crippen molar-refractivity contribution in [2.24, 2.45) is 0 Å². The molecule has 3 nitrogen and oxygen atoms in total. The van der Waals surface area contributed by atoms with Crippen molar-refractivity contribution in [2.75, 3.05) is 7.05 Å². The summed E-state index contributed by atoms with van der Waals surface area (Å²) in [6, 6.07) is 3.50. The molecule has 1 aromatic heterocycles. The Balaban J connectivity index is 2.42. The molecule has 1 aromatic carbocycles. The number of alkyl halides is 3. The second-order valence-electron chi connectivity index (χ2n) is 4.46. The van der Waals surface area contributed by atoms with Crippen LogP contribution >= 0.6 is 0 Å². The molecule has 0 aliphatic heterocycles. The molecule has 20 heavy (non-hydrogen) atoms. The van der Waals surface area contributed by atoms with Crippen molar-refractivity contribution in [1.29, 1.82) is 0 Å². The lowest BCUT2D eigenvalue weighted by molar-refractivity contribution is -0.137. The third kappa shape index (κ3) is 2.96. The minimum absolute atomic E-state index is 0.238. The van der Waals surface area contributed by atoms with E-state index in [-0.39, 0.29) is 6.04 Å². The molecule has 106 valence electrons. The number of nitrogens with zero attached hydrogens (tertiary/aromatic N) is 2. The molecule has 0 bridgehead atoms. The van der Waals surface area contributed by atoms with Crippen LogP contribution in [0.5, 0.6) is 0 Å². The normalized spacial score (nSPS) is 13.2. The molecule has 1 heterocycles. The van der Waals surface area contributed by atoms with Gasteiger partial charge in [-0.3, -0.25) is 0 Å². The zero-order chi connectivity index (χ0) is 14.8. The highest BCUT2D eigenvalue weighted by Gasteiger charge is 2.31. The van der Waals surface area contributed by atoms with E-state index in [1.54, 1.807) is 26.4 Å². The second kappa shape index (κ2) is 5.58. The predicted octanol–water partition coefficient (Wildman–Crippen LogP) is 3.11. The molecule has 0 amide bonds. The van der Waals surface area contributed by atoms with Crippen LogP contribution in [0.4, 0.5) is 13.2 Å². The van der Waals surface area contributed by atoms with E-state index in [9.17, 15) is 13.2 Å². The van der Waals surface area contributed by atoms with Crippen molar-refractivity contribution in [2.45, 2.75) is 19.1 Å². The summed E-state index contributed by atoms with van der Waals surface area (Å²) in [4.78, 5) is 7.87. The Bertz CT molecular complexity index is 582. The molecule has 1 unspecified atom stereocenters. The fourth-order valence-electron chi connectivity index (χ4n) is 2.14. The standard InChI is InChI=1S/C14H14F3N3/c1-9-5-11(14(15,16)17)3-4-12(9)13(18-2)10-6-19-8-20-7-10/h3-8,13,18H,1-2H3. The maximum Gasteiger partial charge on any atom is 0.416 e. The summed E-state index contributed by atoms with van der Waals surface area (Å²) in [5.74, 6) is 0. The van der Waals surface area contributed by atoms with E-state index in [0.717, 1.165) is 23.3 Å². The number of rotatable bonds is 3. The van der Waals surface area contributed by atoms with Crippen LogP contribution in [0.25, 0.3) is 0 Å². The first kappa shape index (κ1) is 14.5. The largest absolute Gasteiger partial charge is 0.416 e. The Kier molecular flexibility index (Phi) is 4.04. The van der Waals surface area contributed by atoms with Gasteiger partial charge in [0.1, 0.15) is 6.33 Å². The highest BCUT2D eigenvalue weighted by atomic mass is 19.4. The Labute approximate surface area is 114 Å². The van der Waals surface area contributed by atoms with Gasteiger partial charge in [0.05, 0.1) is 11.6 Å². The number of hydrogen-bond donors (Lipinski definition) is 1. The van der Waals surface area contributed by atoms with E-state index >= 15 is 0 Å². The number of aromatic nitrogens is 2. The Morgan fingerprint density at radius 3 is 2.30 bits per heavy atom. The van der Waals surface area contributed by atoms with E-state index in [2.05, 4.69) is 15.3 Å². The minimum Gasteiger partial charge on any atom is -0.309 e. The predicted molar refractivity (Wildman–Crippen MR) is 69.1 cm³/mol. The van der Waals surface area contributed by atoms with Gasteiger partial charge >= 0.3 is 6.18 Å². The lowest BCUT2D eigenvalue weighted by atomic mass is 9.95. The van der Waals surface area contributed by atoms with Gasteiger partial charge < -0.3 is 5.32 Å². The van der Waals surface area contributed by atoms with Crippen LogP contribution < -0.4 is 5.32 Å². The Morgan fingerprint density at radius 2 is 1.80 bits per heavy atom. The first-order chi connectivity index (χ1) is 9.43. The van der Waals surface area contributed by atoms with Crippen molar-refractivity contribution in [3.63, 3.8) is 0 Å². The van der Waals surface area contributed by atoms with Gasteiger partial charge in [0, 0.05) is 18.0 Å². The van der Waals surface area contributed by atoms with Crippen LogP contribution in [0.3, 0.4) is 0 Å². The average Bonchev–Trinajstić information content (AvgIpc) is 2.41. The quantitative estimate of drug-likeness (QED) is 0.939. The number of halogens is 3. The molecule has 0 aliphatic carbocycles. The summed E-state index contributed by atoms with van der Waals surface area (Å²) in [7, 11) is 1.74. The maximum absolute atomic E-state index is 12.7. The van der Waals surface area contributed by atoms with Gasteiger partial charge in [0.25, 0.3) is 0 Å². The lowest BCUT2D eigenvalue weighted by Crippen LogP contribution is -2.19. The van der Waals surface area contributed by atoms with Crippen LogP contribution in [-0.2, 0) is 6.18 Å². The van der Waals surface area contributed by atoms with Gasteiger partial charge in [-0.05, 0) is 37.2 Å². The van der Waals surface area contributed by atoms with Crippen molar-refractivity contribution in [3.05, 3.63) is 59.2 Å². The Hall–Kier alpha value is -1.95. The monoisotopic (exact) mass is 281 g/mol. The summed E-state index contributed by atoms with van der Waals surface area (Å²) in [6.45, 7) is 1.67. The fraction of sp³-hybridized carbons (Fsp3) is 0.286. The van der Waals surface area contributed by atoms with Crippen molar-refractivity contribution in [3.8, 4) is 0 Å². The highest BCUT2D eigenvalue weighted by Crippen LogP contribution is 2.32. The average molecular weight is 281 g/mol. The summed E-state index contributed by atoms with van der Waals surface area (Å²) < 4.78 is 38.0. The van der Waals surface area contributed by atoms with Gasteiger partial charge in [-0.15, -0.1) is 0 Å². The first-order valence-corrected chi connectivity index (χ1v) is 6.03. The van der Waals surface area contributed by atoms with Crippen molar-refractivity contribution in [1.82, 2.24) is 15.3 Å². The van der Waals surface area contributed by atoms with E-state index in [4.69, 9.17) is 0 Å². The topological polar surface area (TPSA) is 37.8 Å². The molecule has 0 aliphatic rings. The van der Waals surface area contributed by atoms with Gasteiger partial charge in [0.15, 0.2) is 0 Å². The molecule has 0 spiro atoms. The van der Waals surface area contributed by atoms with E-state index in [1.807, 2.05) is 0 Å². The van der Waals surface area contributed by atoms with Crippen LogP contribution in [0.1, 0.15) is 28.3 Å². The van der Waals surface area contributed by atoms with E-state index in [0.29, 0.717) is 5.56 Å². The van der Waals surface area contributed by atoms with Crippen molar-refractivity contribution < 1.29 is 13.2 Å². The summed E-state index contributed by atoms with van der Waals surface area (Å²) in [5, 5.41) is 3.07. The minimum atomic E-state index is -4.33. The Morgan fingerprint density at radius 1 is 1.15 bits per heavy atom. The summed E-state index contributed by atoms with van der Waals surface area (Å²) in [6.07, 6.45) is 0.376. The van der Waals surface area contributed by atoms with Crippen LogP contribution in [0, 0.1) is 6.92 Å². The zero-order valence-corrected chi connectivity index (χ0v) is 11.1. The molecule has 1 atom stereocenters. The number of aryl methyl sites for hydroxylation is 1. The number of hydrogen-bond acceptors (Lipinski definition) is 3. The maximum atomic E-state index is 12.7. The molecule has 2 rings (SSSR count). The summed E-state index contributed by atoms with van der Waals surface area (Å²) in [5.41, 5.74) is 1.51. The van der Waals surface area contributed by atoms with Gasteiger partial charge in [-0.2, -0.15) is 13.2 Å². The molecule has 1 N–H and O–H groups in total. The number of nitrogens with one attached hydrogen (secondary N) is 1. The molecule has 0 saturated carbocycles. The molecule has 6 heteroatoms. The molecule has 0 radical (unpaired) electrons. The molecule has 0 saturated heterocycles. The highest BCUT2D eigenvalue weighted by molar-refractivity contribution is 5.38. The molecule has 0 fully saturated rings. The van der Waals surface area contributed by atoms with Gasteiger partial charge in [-0.1, -0.05) is 6.07 Å². The SMILES string of the molecule is CNC(c1cncnc1)c1ccc(C(F)(F)F)cc1C. The van der Waals surface area contributed by atoms with Crippen LogP contribution in [0.2, 0.25) is 0 Å². The van der Waals surface area contributed by atoms with Crippen LogP contribution in [-0.4, -0.2) is 17.0 Å². The van der Waals surface area contributed by atoms with E-state index < -0.39 is 11.7 Å². The first-order valence-electron chi connectivity index (χ1n) is 6.03. The molecule has 2 aromatic rings. The molecular formula is C14H14F3N3. The number of benzene rings is 1. The smallest absolute Gasteiger partial charge is 0.309 e.